The van der Waals surface area contributed by atoms with Crippen LogP contribution in [-0.2, 0) is 35.7 Å². The van der Waals surface area contributed by atoms with Gasteiger partial charge in [-0.15, -0.1) is 0 Å². The predicted molar refractivity (Wildman–Crippen MR) is 137 cm³/mol. The molecular formula is C27H34N2O5S. The van der Waals surface area contributed by atoms with E-state index in [-0.39, 0.29) is 5.41 Å². The second-order valence-corrected chi connectivity index (χ2v) is 12.3. The van der Waals surface area contributed by atoms with E-state index in [0.29, 0.717) is 39.1 Å². The molecule has 1 atom stereocenters. The molecule has 1 heterocycles. The Morgan fingerprint density at radius 3 is 2.34 bits per heavy atom. The van der Waals surface area contributed by atoms with Crippen LogP contribution in [-0.4, -0.2) is 51.3 Å². The second-order valence-electron chi connectivity index (χ2n) is 10.4. The highest BCUT2D eigenvalue weighted by Crippen LogP contribution is 2.46. The van der Waals surface area contributed by atoms with Crippen molar-refractivity contribution in [2.75, 3.05) is 20.2 Å². The third-order valence-corrected chi connectivity index (χ3v) is 8.24. The molecular weight excluding hydrogens is 464 g/mol. The number of likely N-dealkylation sites (tertiary alicyclic amines) is 1. The molecule has 2 aromatic rings. The molecule has 0 aromatic heterocycles. The standard InChI is InChI=1S/C27H34N2O5S/c1-26(2,3)35(32)28-24-23-15-20(18-34-17-19-6-9-22(33-4)10-7-19)5-8-21(23)16-27(24)11-13-29(14-12-27)25(30)31/h5-10,15H,11-14,16-18H2,1-4H3,(H,30,31)/b28-24+. The normalized spacial score (nSPS) is 19.1. The van der Waals surface area contributed by atoms with Crippen LogP contribution in [0, 0.1) is 5.41 Å². The molecule has 1 N–H and O–H groups in total. The molecule has 1 aliphatic carbocycles. The van der Waals surface area contributed by atoms with Crippen molar-refractivity contribution in [3.63, 3.8) is 0 Å². The van der Waals surface area contributed by atoms with Gasteiger partial charge in [-0.25, -0.2) is 4.79 Å². The molecule has 1 fully saturated rings. The molecule has 8 heteroatoms. The van der Waals surface area contributed by atoms with Gasteiger partial charge in [0.25, 0.3) is 0 Å². The third-order valence-electron chi connectivity index (χ3n) is 6.85. The van der Waals surface area contributed by atoms with Gasteiger partial charge in [-0.2, -0.15) is 0 Å². The highest BCUT2D eigenvalue weighted by atomic mass is 32.2. The number of hydrogen-bond acceptors (Lipinski definition) is 5. The van der Waals surface area contributed by atoms with E-state index >= 15 is 0 Å². The summed E-state index contributed by atoms with van der Waals surface area (Å²) in [6.45, 7) is 7.63. The summed E-state index contributed by atoms with van der Waals surface area (Å²) >= 11 is -1.40. The molecule has 2 aromatic carbocycles. The van der Waals surface area contributed by atoms with Crippen molar-refractivity contribution in [2.45, 2.75) is 58.0 Å². The fraction of sp³-hybridized carbons (Fsp3) is 0.481. The van der Waals surface area contributed by atoms with E-state index in [1.165, 1.54) is 10.5 Å². The molecule has 2 aliphatic rings. The van der Waals surface area contributed by atoms with E-state index in [1.807, 2.05) is 45.0 Å². The quantitative estimate of drug-likeness (QED) is 0.567. The van der Waals surface area contributed by atoms with Crippen LogP contribution >= 0.6 is 0 Å². The number of nitrogens with zero attached hydrogens (tertiary/aromatic N) is 2. The molecule has 0 radical (unpaired) electrons. The van der Waals surface area contributed by atoms with E-state index in [0.717, 1.165) is 34.6 Å². The number of piperidine rings is 1. The molecule has 7 nitrogen and oxygen atoms in total. The van der Waals surface area contributed by atoms with Gasteiger partial charge in [0.2, 0.25) is 0 Å². The number of ether oxygens (including phenoxy) is 2. The summed E-state index contributed by atoms with van der Waals surface area (Å²) in [6, 6.07) is 14.1. The van der Waals surface area contributed by atoms with Gasteiger partial charge >= 0.3 is 6.09 Å². The molecule has 188 valence electrons. The second kappa shape index (κ2) is 10.2. The summed E-state index contributed by atoms with van der Waals surface area (Å²) in [5, 5.41) is 9.42. The molecule has 1 unspecified atom stereocenters. The van der Waals surface area contributed by atoms with Gasteiger partial charge in [0.1, 0.15) is 27.6 Å². The Hall–Kier alpha value is -2.55. The maximum Gasteiger partial charge on any atom is 0.407 e. The number of methoxy groups -OCH3 is 1. The van der Waals surface area contributed by atoms with Gasteiger partial charge < -0.3 is 24.0 Å². The molecule has 0 saturated carbocycles. The Bertz CT molecular complexity index is 1090. The first-order valence-corrected chi connectivity index (χ1v) is 13.0. The number of amides is 1. The molecule has 1 amide bonds. The summed E-state index contributed by atoms with van der Waals surface area (Å²) in [6.07, 6.45) is 1.26. The number of carboxylic acid groups (broad SMARTS) is 1. The Labute approximate surface area is 210 Å². The van der Waals surface area contributed by atoms with Crippen LogP contribution in [0.15, 0.2) is 46.9 Å². The van der Waals surface area contributed by atoms with Crippen molar-refractivity contribution >= 4 is 23.2 Å². The molecule has 35 heavy (non-hydrogen) atoms. The van der Waals surface area contributed by atoms with E-state index in [1.54, 1.807) is 7.11 Å². The maximum atomic E-state index is 13.1. The highest BCUT2D eigenvalue weighted by molar-refractivity contribution is 7.91. The molecule has 4 rings (SSSR count). The zero-order valence-corrected chi connectivity index (χ0v) is 21.7. The van der Waals surface area contributed by atoms with Crippen LogP contribution in [0.2, 0.25) is 0 Å². The molecule has 1 saturated heterocycles. The first kappa shape index (κ1) is 25.5. The summed E-state index contributed by atoms with van der Waals surface area (Å²) < 4.78 is 28.6. The fourth-order valence-corrected chi connectivity index (χ4v) is 5.47. The monoisotopic (exact) mass is 498 g/mol. The molecule has 1 aliphatic heterocycles. The third kappa shape index (κ3) is 5.66. The van der Waals surface area contributed by atoms with Crippen molar-refractivity contribution in [3.8, 4) is 5.75 Å². The molecule has 0 bridgehead atoms. The van der Waals surface area contributed by atoms with Gasteiger partial charge in [0.15, 0.2) is 0 Å². The van der Waals surface area contributed by atoms with Crippen molar-refractivity contribution in [2.24, 2.45) is 9.81 Å². The average molecular weight is 499 g/mol. The van der Waals surface area contributed by atoms with Crippen LogP contribution < -0.4 is 4.74 Å². The SMILES string of the molecule is COc1ccc(COCc2ccc3c(c2)/C(=N\[S+]([O-])C(C)(C)C)C2(CCN(C(=O)O)CC2)C3)cc1. The minimum Gasteiger partial charge on any atom is -0.591 e. The summed E-state index contributed by atoms with van der Waals surface area (Å²) in [5.41, 5.74) is 4.89. The van der Waals surface area contributed by atoms with E-state index < -0.39 is 22.2 Å². The highest BCUT2D eigenvalue weighted by Gasteiger charge is 2.48. The van der Waals surface area contributed by atoms with Gasteiger partial charge in [0.05, 0.1) is 20.3 Å². The minimum absolute atomic E-state index is 0.280. The van der Waals surface area contributed by atoms with E-state index in [9.17, 15) is 14.5 Å². The predicted octanol–water partition coefficient (Wildman–Crippen LogP) is 4.98. The Balaban J connectivity index is 1.55. The van der Waals surface area contributed by atoms with Crippen molar-refractivity contribution < 1.29 is 23.9 Å². The lowest BCUT2D eigenvalue weighted by Crippen LogP contribution is -2.45. The van der Waals surface area contributed by atoms with Crippen LogP contribution in [0.3, 0.4) is 0 Å². The lowest BCUT2D eigenvalue weighted by Gasteiger charge is -2.38. The van der Waals surface area contributed by atoms with Crippen LogP contribution in [0.1, 0.15) is 55.9 Å². The first-order valence-electron chi connectivity index (χ1n) is 11.9. The summed E-state index contributed by atoms with van der Waals surface area (Å²) in [5.74, 6) is 0.815. The number of carbonyl (C=O) groups is 1. The maximum absolute atomic E-state index is 13.1. The number of rotatable bonds is 6. The largest absolute Gasteiger partial charge is 0.591 e. The van der Waals surface area contributed by atoms with E-state index in [4.69, 9.17) is 13.9 Å². The number of benzene rings is 2. The van der Waals surface area contributed by atoms with Gasteiger partial charge in [0, 0.05) is 24.1 Å². The zero-order valence-electron chi connectivity index (χ0n) is 20.9. The fourth-order valence-electron chi connectivity index (χ4n) is 4.74. The Morgan fingerprint density at radius 2 is 1.74 bits per heavy atom. The topological polar surface area (TPSA) is 94.4 Å². The van der Waals surface area contributed by atoms with Crippen molar-refractivity contribution in [1.29, 1.82) is 0 Å². The Morgan fingerprint density at radius 1 is 1.11 bits per heavy atom. The first-order chi connectivity index (χ1) is 16.6. The average Bonchev–Trinajstić information content (AvgIpc) is 3.11. The van der Waals surface area contributed by atoms with Gasteiger partial charge in [-0.05, 0) is 74.9 Å². The van der Waals surface area contributed by atoms with Gasteiger partial charge in [-0.1, -0.05) is 28.7 Å². The zero-order chi connectivity index (χ0) is 25.2. The number of fused-ring (bicyclic) bond motifs is 1. The van der Waals surface area contributed by atoms with Gasteiger partial charge in [-0.3, -0.25) is 0 Å². The number of hydrogen-bond donors (Lipinski definition) is 1. The summed E-state index contributed by atoms with van der Waals surface area (Å²) in [4.78, 5) is 12.9. The van der Waals surface area contributed by atoms with Crippen LogP contribution in [0.4, 0.5) is 4.79 Å². The van der Waals surface area contributed by atoms with Crippen LogP contribution in [0.5, 0.6) is 5.75 Å². The van der Waals surface area contributed by atoms with Crippen molar-refractivity contribution in [1.82, 2.24) is 4.90 Å². The minimum atomic E-state index is -1.40. The Kier molecular flexibility index (Phi) is 7.45. The van der Waals surface area contributed by atoms with Crippen LogP contribution in [0.25, 0.3) is 0 Å². The van der Waals surface area contributed by atoms with Crippen molar-refractivity contribution in [3.05, 3.63) is 64.7 Å². The lowest BCUT2D eigenvalue weighted by molar-refractivity contribution is 0.107. The molecule has 1 spiro atoms. The van der Waals surface area contributed by atoms with E-state index in [2.05, 4.69) is 18.2 Å². The lowest BCUT2D eigenvalue weighted by atomic mass is 9.74. The summed E-state index contributed by atoms with van der Waals surface area (Å²) in [7, 11) is 1.65. The smallest absolute Gasteiger partial charge is 0.407 e.